The fraction of sp³-hybridized carbons (Fsp3) is 0.350. The lowest BCUT2D eigenvalue weighted by molar-refractivity contribution is 0.201. The van der Waals surface area contributed by atoms with Gasteiger partial charge in [0.2, 0.25) is 0 Å². The van der Waals surface area contributed by atoms with Crippen molar-refractivity contribution < 1.29 is 4.74 Å². The summed E-state index contributed by atoms with van der Waals surface area (Å²) in [6.07, 6.45) is 5.64. The van der Waals surface area contributed by atoms with Crippen LogP contribution in [0.3, 0.4) is 0 Å². The average Bonchev–Trinajstić information content (AvgIpc) is 3.11. The molecule has 1 N–H and O–H groups in total. The molecule has 4 rings (SSSR count). The highest BCUT2D eigenvalue weighted by Crippen LogP contribution is 2.26. The van der Waals surface area contributed by atoms with Gasteiger partial charge in [0.25, 0.3) is 0 Å². The van der Waals surface area contributed by atoms with Gasteiger partial charge in [-0.25, -0.2) is 4.79 Å². The van der Waals surface area contributed by atoms with Crippen LogP contribution in [0.4, 0.5) is 0 Å². The van der Waals surface area contributed by atoms with E-state index in [0.717, 1.165) is 49.7 Å². The molecule has 7 nitrogen and oxygen atoms in total. The van der Waals surface area contributed by atoms with Crippen molar-refractivity contribution in [3.63, 3.8) is 0 Å². The zero-order valence-corrected chi connectivity index (χ0v) is 15.3. The topological polar surface area (TPSA) is 76.0 Å². The van der Waals surface area contributed by atoms with E-state index in [1.807, 2.05) is 36.7 Å². The third kappa shape index (κ3) is 3.93. The summed E-state index contributed by atoms with van der Waals surface area (Å²) >= 11 is 0. The van der Waals surface area contributed by atoms with Crippen molar-refractivity contribution in [1.82, 2.24) is 24.6 Å². The first-order chi connectivity index (χ1) is 13.2. The summed E-state index contributed by atoms with van der Waals surface area (Å²) in [5, 5.41) is 4.55. The number of pyridine rings is 1. The Morgan fingerprint density at radius 3 is 2.48 bits per heavy atom. The molecular formula is C20H23N5O2. The van der Waals surface area contributed by atoms with E-state index in [1.165, 1.54) is 10.2 Å². The number of likely N-dealkylation sites (tertiary alicyclic amines) is 1. The lowest BCUT2D eigenvalue weighted by Gasteiger charge is -2.30. The molecule has 0 spiro atoms. The number of nitrogens with one attached hydrogen (secondary N) is 1. The first kappa shape index (κ1) is 17.5. The van der Waals surface area contributed by atoms with E-state index in [2.05, 4.69) is 32.1 Å². The van der Waals surface area contributed by atoms with Crippen molar-refractivity contribution in [2.75, 3.05) is 20.2 Å². The molecule has 27 heavy (non-hydrogen) atoms. The Labute approximate surface area is 157 Å². The molecule has 0 atom stereocenters. The Morgan fingerprint density at radius 1 is 1.11 bits per heavy atom. The maximum absolute atomic E-state index is 12.3. The van der Waals surface area contributed by atoms with Gasteiger partial charge in [0.1, 0.15) is 11.6 Å². The Hall–Kier alpha value is -2.93. The van der Waals surface area contributed by atoms with E-state index < -0.39 is 0 Å². The second-order valence-corrected chi connectivity index (χ2v) is 6.83. The second-order valence-electron chi connectivity index (χ2n) is 6.83. The molecular weight excluding hydrogens is 342 g/mol. The van der Waals surface area contributed by atoms with E-state index in [4.69, 9.17) is 4.74 Å². The molecule has 1 fully saturated rings. The van der Waals surface area contributed by atoms with Crippen LogP contribution in [0.25, 0.3) is 5.69 Å². The minimum Gasteiger partial charge on any atom is -0.497 e. The Balaban J connectivity index is 1.42. The highest BCUT2D eigenvalue weighted by atomic mass is 16.5. The molecule has 1 aliphatic heterocycles. The van der Waals surface area contributed by atoms with Gasteiger partial charge in [0.15, 0.2) is 0 Å². The maximum atomic E-state index is 12.3. The lowest BCUT2D eigenvalue weighted by Crippen LogP contribution is -2.32. The fourth-order valence-electron chi connectivity index (χ4n) is 3.53. The van der Waals surface area contributed by atoms with Crippen LogP contribution in [0, 0.1) is 0 Å². The number of benzene rings is 1. The van der Waals surface area contributed by atoms with Crippen LogP contribution in [-0.4, -0.2) is 44.8 Å². The molecule has 2 aromatic heterocycles. The predicted molar refractivity (Wildman–Crippen MR) is 102 cm³/mol. The molecule has 3 heterocycles. The molecule has 0 amide bonds. The minimum atomic E-state index is -0.200. The zero-order chi connectivity index (χ0) is 18.6. The number of piperidine rings is 1. The quantitative estimate of drug-likeness (QED) is 0.751. The first-order valence-corrected chi connectivity index (χ1v) is 9.18. The van der Waals surface area contributed by atoms with E-state index in [0.29, 0.717) is 0 Å². The maximum Gasteiger partial charge on any atom is 0.348 e. The van der Waals surface area contributed by atoms with Crippen LogP contribution >= 0.6 is 0 Å². The summed E-state index contributed by atoms with van der Waals surface area (Å²) in [6.45, 7) is 2.92. The number of rotatable bonds is 5. The number of nitrogens with zero attached hydrogens (tertiary/aromatic N) is 4. The molecule has 140 valence electrons. The van der Waals surface area contributed by atoms with E-state index >= 15 is 0 Å². The summed E-state index contributed by atoms with van der Waals surface area (Å²) in [5.41, 5.74) is 1.81. The lowest BCUT2D eigenvalue weighted by atomic mass is 9.96. The molecule has 0 radical (unpaired) electrons. The Kier molecular flexibility index (Phi) is 5.02. The normalized spacial score (nSPS) is 15.7. The summed E-state index contributed by atoms with van der Waals surface area (Å²) in [4.78, 5) is 21.8. The summed E-state index contributed by atoms with van der Waals surface area (Å²) in [7, 11) is 1.62. The highest BCUT2D eigenvalue weighted by Gasteiger charge is 2.24. The number of hydrogen-bond donors (Lipinski definition) is 1. The first-order valence-electron chi connectivity index (χ1n) is 9.18. The number of H-pyrrole nitrogens is 1. The van der Waals surface area contributed by atoms with Gasteiger partial charge in [-0.1, -0.05) is 0 Å². The average molecular weight is 365 g/mol. The smallest absolute Gasteiger partial charge is 0.348 e. The molecule has 0 bridgehead atoms. The van der Waals surface area contributed by atoms with Crippen molar-refractivity contribution in [3.05, 3.63) is 70.7 Å². The van der Waals surface area contributed by atoms with Gasteiger partial charge < -0.3 is 4.74 Å². The van der Waals surface area contributed by atoms with Crippen LogP contribution in [-0.2, 0) is 6.54 Å². The van der Waals surface area contributed by atoms with Crippen LogP contribution in [0.2, 0.25) is 0 Å². The van der Waals surface area contributed by atoms with Crippen molar-refractivity contribution in [3.8, 4) is 11.4 Å². The van der Waals surface area contributed by atoms with Crippen LogP contribution < -0.4 is 10.4 Å². The molecule has 3 aromatic rings. The van der Waals surface area contributed by atoms with Gasteiger partial charge in [-0.15, -0.1) is 5.10 Å². The molecule has 1 saturated heterocycles. The summed E-state index contributed by atoms with van der Waals surface area (Å²) < 4.78 is 6.59. The van der Waals surface area contributed by atoms with Gasteiger partial charge in [-0.05, 0) is 67.9 Å². The fourth-order valence-corrected chi connectivity index (χ4v) is 3.53. The van der Waals surface area contributed by atoms with E-state index in [-0.39, 0.29) is 11.6 Å². The number of ether oxygens (including phenoxy) is 1. The predicted octanol–water partition coefficient (Wildman–Crippen LogP) is 2.34. The standard InChI is InChI=1S/C20H23N5O2/c1-27-18-4-2-17(3-5-18)25-20(26)22-19(23-25)16-8-12-24(13-9-16)14-15-6-10-21-11-7-15/h2-7,10-11,16H,8-9,12-14H2,1H3,(H,22,23,26). The monoisotopic (exact) mass is 365 g/mol. The van der Waals surface area contributed by atoms with Gasteiger partial charge in [-0.2, -0.15) is 4.68 Å². The van der Waals surface area contributed by atoms with Crippen LogP contribution in [0.1, 0.15) is 30.1 Å². The third-order valence-corrected chi connectivity index (χ3v) is 5.08. The minimum absolute atomic E-state index is 0.200. The molecule has 1 aliphatic rings. The third-order valence-electron chi connectivity index (χ3n) is 5.08. The molecule has 1 aromatic carbocycles. The van der Waals surface area contributed by atoms with Gasteiger partial charge in [0, 0.05) is 24.9 Å². The SMILES string of the molecule is COc1ccc(-n2nc(C3CCN(Cc4ccncc4)CC3)[nH]c2=O)cc1. The van der Waals surface area contributed by atoms with Crippen molar-refractivity contribution in [1.29, 1.82) is 0 Å². The number of methoxy groups -OCH3 is 1. The van der Waals surface area contributed by atoms with Gasteiger partial charge in [0.05, 0.1) is 12.8 Å². The highest BCUT2D eigenvalue weighted by molar-refractivity contribution is 5.36. The number of aromatic amines is 1. The summed E-state index contributed by atoms with van der Waals surface area (Å²) in [5.74, 6) is 1.81. The zero-order valence-electron chi connectivity index (χ0n) is 15.3. The van der Waals surface area contributed by atoms with Crippen LogP contribution in [0.15, 0.2) is 53.6 Å². The van der Waals surface area contributed by atoms with E-state index in [9.17, 15) is 4.79 Å². The number of aromatic nitrogens is 4. The van der Waals surface area contributed by atoms with Crippen molar-refractivity contribution in [2.24, 2.45) is 0 Å². The number of hydrogen-bond acceptors (Lipinski definition) is 5. The molecule has 0 saturated carbocycles. The van der Waals surface area contributed by atoms with Crippen LogP contribution in [0.5, 0.6) is 5.75 Å². The Morgan fingerprint density at radius 2 is 1.81 bits per heavy atom. The molecule has 0 aliphatic carbocycles. The van der Waals surface area contributed by atoms with Gasteiger partial charge >= 0.3 is 5.69 Å². The van der Waals surface area contributed by atoms with Crippen molar-refractivity contribution >= 4 is 0 Å². The van der Waals surface area contributed by atoms with Gasteiger partial charge in [-0.3, -0.25) is 14.9 Å². The molecule has 7 heteroatoms. The Bertz CT molecular complexity index is 925. The molecule has 0 unspecified atom stereocenters. The largest absolute Gasteiger partial charge is 0.497 e. The summed E-state index contributed by atoms with van der Waals surface area (Å²) in [6, 6.07) is 11.4. The van der Waals surface area contributed by atoms with E-state index in [1.54, 1.807) is 7.11 Å². The second kappa shape index (κ2) is 7.75. The van der Waals surface area contributed by atoms with Crippen molar-refractivity contribution in [2.45, 2.75) is 25.3 Å².